The molecule has 0 bridgehead atoms. The van der Waals surface area contributed by atoms with Crippen LogP contribution in [0.15, 0.2) is 85.3 Å². The molecule has 0 radical (unpaired) electrons. The molecule has 1 amide bonds. The maximum Gasteiger partial charge on any atom is 0.326 e. The summed E-state index contributed by atoms with van der Waals surface area (Å²) in [5.41, 5.74) is 5.56. The minimum Gasteiger partial charge on any atom is -0.480 e. The number of aromatic amines is 1. The molecule has 4 N–H and O–H groups in total. The molecule has 1 aromatic heterocycles. The van der Waals surface area contributed by atoms with Gasteiger partial charge in [0.2, 0.25) is 0 Å². The zero-order valence-electron chi connectivity index (χ0n) is 20.4. The second-order valence-corrected chi connectivity index (χ2v) is 9.10. The number of benzene rings is 3. The minimum atomic E-state index is -1.04. The van der Waals surface area contributed by atoms with E-state index in [0.717, 1.165) is 28.1 Å². The lowest BCUT2D eigenvalue weighted by molar-refractivity contribution is -0.139. The summed E-state index contributed by atoms with van der Waals surface area (Å²) < 4.78 is 0. The molecule has 4 aromatic rings. The van der Waals surface area contributed by atoms with Crippen LogP contribution < -0.4 is 10.6 Å². The number of nitrogens with zero attached hydrogens (tertiary/aromatic N) is 1. The van der Waals surface area contributed by atoms with Gasteiger partial charge < -0.3 is 20.7 Å². The first kappa shape index (κ1) is 24.7. The van der Waals surface area contributed by atoms with E-state index in [-0.39, 0.29) is 5.92 Å². The van der Waals surface area contributed by atoms with Crippen molar-refractivity contribution in [1.29, 1.82) is 0 Å². The number of carbonyl (C=O) groups is 2. The molecule has 0 saturated heterocycles. The molecule has 184 valence electrons. The molecular formula is C29H30N4O3. The van der Waals surface area contributed by atoms with Gasteiger partial charge in [0.15, 0.2) is 0 Å². The summed E-state index contributed by atoms with van der Waals surface area (Å²) in [6, 6.07) is 22.3. The highest BCUT2D eigenvalue weighted by Crippen LogP contribution is 2.36. The second kappa shape index (κ2) is 11.4. The summed E-state index contributed by atoms with van der Waals surface area (Å²) in [7, 11) is 0. The molecule has 0 aliphatic carbocycles. The van der Waals surface area contributed by atoms with Crippen molar-refractivity contribution >= 4 is 17.6 Å². The van der Waals surface area contributed by atoms with Crippen LogP contribution in [0.4, 0.5) is 5.69 Å². The lowest BCUT2D eigenvalue weighted by Crippen LogP contribution is -2.41. The van der Waals surface area contributed by atoms with Gasteiger partial charge in [0.05, 0.1) is 18.6 Å². The van der Waals surface area contributed by atoms with Crippen LogP contribution in [-0.2, 0) is 11.3 Å². The average molecular weight is 483 g/mol. The van der Waals surface area contributed by atoms with E-state index >= 15 is 0 Å². The van der Waals surface area contributed by atoms with Gasteiger partial charge in [0.25, 0.3) is 5.91 Å². The summed E-state index contributed by atoms with van der Waals surface area (Å²) in [4.78, 5) is 32.6. The standard InChI is InChI=1S/C29H30N4O3/c1-19(2)13-27(29(35)36)33-28(34)25-14-24(21-11-7-4-8-12-21)26(31-17-22-16-30-18-32-22)15-23(25)20-9-5-3-6-10-20/h3-12,14-16,18-19,27,31H,13,17H2,1-2H3,(H,30,32)(H,33,34)(H,35,36)/t27-/m0/s1. The quantitative estimate of drug-likeness (QED) is 0.236. The monoisotopic (exact) mass is 482 g/mol. The number of carbonyl (C=O) groups excluding carboxylic acids is 1. The van der Waals surface area contributed by atoms with E-state index in [1.54, 1.807) is 12.5 Å². The predicted octanol–water partition coefficient (Wildman–Crippen LogP) is 5.58. The first-order chi connectivity index (χ1) is 17.4. The average Bonchev–Trinajstić information content (AvgIpc) is 3.41. The van der Waals surface area contributed by atoms with Crippen molar-refractivity contribution in [3.63, 3.8) is 0 Å². The Hall–Kier alpha value is -4.39. The van der Waals surface area contributed by atoms with E-state index in [1.165, 1.54) is 0 Å². The summed E-state index contributed by atoms with van der Waals surface area (Å²) in [5, 5.41) is 15.9. The van der Waals surface area contributed by atoms with Gasteiger partial charge >= 0.3 is 5.97 Å². The third-order valence-corrected chi connectivity index (χ3v) is 5.91. The molecule has 0 spiro atoms. The van der Waals surface area contributed by atoms with Crippen molar-refractivity contribution in [3.8, 4) is 22.3 Å². The molecule has 1 heterocycles. The van der Waals surface area contributed by atoms with Crippen LogP contribution in [0.25, 0.3) is 22.3 Å². The Morgan fingerprint density at radius 3 is 2.14 bits per heavy atom. The third kappa shape index (κ3) is 5.99. The highest BCUT2D eigenvalue weighted by atomic mass is 16.4. The topological polar surface area (TPSA) is 107 Å². The van der Waals surface area contributed by atoms with E-state index in [4.69, 9.17) is 0 Å². The molecule has 1 atom stereocenters. The van der Waals surface area contributed by atoms with E-state index in [0.29, 0.717) is 24.1 Å². The number of rotatable bonds is 10. The Morgan fingerprint density at radius 2 is 1.58 bits per heavy atom. The van der Waals surface area contributed by atoms with Gasteiger partial charge in [0, 0.05) is 23.0 Å². The maximum absolute atomic E-state index is 13.6. The van der Waals surface area contributed by atoms with Crippen molar-refractivity contribution in [2.45, 2.75) is 32.9 Å². The van der Waals surface area contributed by atoms with Gasteiger partial charge in [-0.05, 0) is 41.2 Å². The number of amides is 1. The molecule has 3 aromatic carbocycles. The van der Waals surface area contributed by atoms with Crippen LogP contribution in [0.2, 0.25) is 0 Å². The molecule has 0 fully saturated rings. The highest BCUT2D eigenvalue weighted by molar-refractivity contribution is 6.05. The lowest BCUT2D eigenvalue weighted by atomic mass is 9.92. The molecule has 7 heteroatoms. The Morgan fingerprint density at radius 1 is 0.944 bits per heavy atom. The number of aromatic nitrogens is 2. The smallest absolute Gasteiger partial charge is 0.326 e. The fourth-order valence-corrected chi connectivity index (χ4v) is 4.15. The summed E-state index contributed by atoms with van der Waals surface area (Å²) in [6.07, 6.45) is 3.74. The van der Waals surface area contributed by atoms with Crippen molar-refractivity contribution in [3.05, 3.63) is 96.6 Å². The number of imidazole rings is 1. The molecule has 0 aliphatic rings. The van der Waals surface area contributed by atoms with E-state index in [2.05, 4.69) is 20.6 Å². The Labute approximate surface area is 210 Å². The summed E-state index contributed by atoms with van der Waals surface area (Å²) >= 11 is 0. The Kier molecular flexibility index (Phi) is 7.80. The van der Waals surface area contributed by atoms with Gasteiger partial charge in [-0.2, -0.15) is 0 Å². The molecule has 0 aliphatic heterocycles. The molecule has 36 heavy (non-hydrogen) atoms. The third-order valence-electron chi connectivity index (χ3n) is 5.91. The fraction of sp³-hybridized carbons (Fsp3) is 0.207. The van der Waals surface area contributed by atoms with Gasteiger partial charge in [-0.1, -0.05) is 74.5 Å². The van der Waals surface area contributed by atoms with Gasteiger partial charge in [-0.15, -0.1) is 0 Å². The molecule has 4 rings (SSSR count). The largest absolute Gasteiger partial charge is 0.480 e. The fourth-order valence-electron chi connectivity index (χ4n) is 4.15. The number of carboxylic acid groups (broad SMARTS) is 1. The van der Waals surface area contributed by atoms with Crippen molar-refractivity contribution in [2.75, 3.05) is 5.32 Å². The van der Waals surface area contributed by atoms with Gasteiger partial charge in [0.1, 0.15) is 6.04 Å². The number of carboxylic acids is 1. The van der Waals surface area contributed by atoms with Crippen LogP contribution in [0, 0.1) is 5.92 Å². The van der Waals surface area contributed by atoms with E-state index in [1.807, 2.05) is 86.6 Å². The predicted molar refractivity (Wildman–Crippen MR) is 142 cm³/mol. The molecule has 7 nitrogen and oxygen atoms in total. The molecule has 0 unspecified atom stereocenters. The van der Waals surface area contributed by atoms with Crippen LogP contribution in [0.3, 0.4) is 0 Å². The van der Waals surface area contributed by atoms with Gasteiger partial charge in [-0.25, -0.2) is 9.78 Å². The second-order valence-electron chi connectivity index (χ2n) is 9.10. The summed E-state index contributed by atoms with van der Waals surface area (Å²) in [6.45, 7) is 4.39. The highest BCUT2D eigenvalue weighted by Gasteiger charge is 2.24. The van der Waals surface area contributed by atoms with Crippen LogP contribution in [-0.4, -0.2) is 33.0 Å². The number of aliphatic carboxylic acids is 1. The maximum atomic E-state index is 13.6. The number of H-pyrrole nitrogens is 1. The van der Waals surface area contributed by atoms with Crippen LogP contribution >= 0.6 is 0 Å². The van der Waals surface area contributed by atoms with Crippen molar-refractivity contribution < 1.29 is 14.7 Å². The number of hydrogen-bond acceptors (Lipinski definition) is 4. The zero-order chi connectivity index (χ0) is 25.5. The number of hydrogen-bond donors (Lipinski definition) is 4. The van der Waals surface area contributed by atoms with Crippen LogP contribution in [0.5, 0.6) is 0 Å². The zero-order valence-corrected chi connectivity index (χ0v) is 20.4. The molecule has 0 saturated carbocycles. The SMILES string of the molecule is CC(C)C[C@H](NC(=O)c1cc(-c2ccccc2)c(NCc2cnc[nH]2)cc1-c1ccccc1)C(=O)O. The van der Waals surface area contributed by atoms with Crippen molar-refractivity contribution in [2.24, 2.45) is 5.92 Å². The Balaban J connectivity index is 1.82. The first-order valence-corrected chi connectivity index (χ1v) is 12.0. The first-order valence-electron chi connectivity index (χ1n) is 12.0. The minimum absolute atomic E-state index is 0.119. The normalized spacial score (nSPS) is 11.8. The molecular weight excluding hydrogens is 452 g/mol. The number of anilines is 1. The summed E-state index contributed by atoms with van der Waals surface area (Å²) in [5.74, 6) is -1.34. The van der Waals surface area contributed by atoms with E-state index < -0.39 is 17.9 Å². The van der Waals surface area contributed by atoms with E-state index in [9.17, 15) is 14.7 Å². The lowest BCUT2D eigenvalue weighted by Gasteiger charge is -2.20. The van der Waals surface area contributed by atoms with Crippen LogP contribution in [0.1, 0.15) is 36.3 Å². The van der Waals surface area contributed by atoms with Gasteiger partial charge in [-0.3, -0.25) is 4.79 Å². The Bertz CT molecular complexity index is 1300. The number of nitrogens with one attached hydrogen (secondary N) is 3. The van der Waals surface area contributed by atoms with Crippen molar-refractivity contribution in [1.82, 2.24) is 15.3 Å².